The van der Waals surface area contributed by atoms with Crippen LogP contribution in [0.3, 0.4) is 0 Å². The smallest absolute Gasteiger partial charge is 0.354 e. The molecule has 3 heterocycles. The summed E-state index contributed by atoms with van der Waals surface area (Å²) in [6.45, 7) is 3.52. The van der Waals surface area contributed by atoms with E-state index in [0.717, 1.165) is 0 Å². The van der Waals surface area contributed by atoms with Crippen molar-refractivity contribution >= 4 is 5.97 Å². The number of aromatic carboxylic acids is 1. The standard InChI is InChI=1S/C19H13F3N3O2.Pt/c1-19(2,15-8-4-6-13(24-15)18(26)27)14-7-3-5-12(23-14)10-9-11(20)17(22)25-16(10)21;/h3-8H,1-2H3,(H,26,27);/q-1;. The molecule has 0 unspecified atom stereocenters. The molecule has 0 aliphatic rings. The van der Waals surface area contributed by atoms with Crippen LogP contribution in [0.15, 0.2) is 36.4 Å². The molecule has 148 valence electrons. The Bertz CT molecular complexity index is 1040. The average Bonchev–Trinajstić information content (AvgIpc) is 2.65. The van der Waals surface area contributed by atoms with Gasteiger partial charge in [-0.2, -0.15) is 0 Å². The van der Waals surface area contributed by atoms with E-state index in [0.29, 0.717) is 11.4 Å². The monoisotopic (exact) mass is 567 g/mol. The van der Waals surface area contributed by atoms with Gasteiger partial charge < -0.3 is 10.1 Å². The maximum atomic E-state index is 13.9. The molecular weight excluding hydrogens is 554 g/mol. The molecule has 0 saturated heterocycles. The summed E-state index contributed by atoms with van der Waals surface area (Å²) in [5.74, 6) is -5.39. The topological polar surface area (TPSA) is 76.0 Å². The first-order valence-electron chi connectivity index (χ1n) is 7.82. The Labute approximate surface area is 173 Å². The van der Waals surface area contributed by atoms with Crippen LogP contribution in [0.5, 0.6) is 0 Å². The normalized spacial score (nSPS) is 11.0. The number of pyridine rings is 3. The van der Waals surface area contributed by atoms with E-state index in [2.05, 4.69) is 15.0 Å². The third-order valence-electron chi connectivity index (χ3n) is 4.07. The van der Waals surface area contributed by atoms with Crippen molar-refractivity contribution in [1.82, 2.24) is 15.0 Å². The van der Waals surface area contributed by atoms with Crippen molar-refractivity contribution in [3.05, 3.63) is 77.3 Å². The van der Waals surface area contributed by atoms with Crippen LogP contribution in [0.1, 0.15) is 35.7 Å². The molecule has 5 nitrogen and oxygen atoms in total. The van der Waals surface area contributed by atoms with Crippen LogP contribution in [0.2, 0.25) is 0 Å². The Balaban J connectivity index is 0.00000280. The molecule has 3 aromatic rings. The van der Waals surface area contributed by atoms with E-state index in [4.69, 9.17) is 5.11 Å². The zero-order valence-electron chi connectivity index (χ0n) is 14.6. The summed E-state index contributed by atoms with van der Waals surface area (Å²) in [4.78, 5) is 22.5. The second-order valence-electron chi connectivity index (χ2n) is 6.25. The van der Waals surface area contributed by atoms with Gasteiger partial charge >= 0.3 is 5.97 Å². The van der Waals surface area contributed by atoms with Gasteiger partial charge in [0.05, 0.1) is 11.5 Å². The number of carbonyl (C=O) groups is 1. The number of rotatable bonds is 4. The third kappa shape index (κ3) is 4.12. The molecule has 28 heavy (non-hydrogen) atoms. The predicted octanol–water partition coefficient (Wildman–Crippen LogP) is 3.78. The van der Waals surface area contributed by atoms with Crippen molar-refractivity contribution in [3.8, 4) is 11.3 Å². The van der Waals surface area contributed by atoms with Crippen LogP contribution < -0.4 is 0 Å². The molecule has 0 bridgehead atoms. The number of carboxylic acid groups (broad SMARTS) is 1. The van der Waals surface area contributed by atoms with Crippen LogP contribution in [0.25, 0.3) is 11.3 Å². The van der Waals surface area contributed by atoms with Crippen LogP contribution in [-0.4, -0.2) is 26.0 Å². The first-order chi connectivity index (χ1) is 12.7. The van der Waals surface area contributed by atoms with E-state index in [1.54, 1.807) is 38.1 Å². The predicted molar refractivity (Wildman–Crippen MR) is 89.5 cm³/mol. The summed E-state index contributed by atoms with van der Waals surface area (Å²) >= 11 is 0. The summed E-state index contributed by atoms with van der Waals surface area (Å²) in [5.41, 5.74) is -0.504. The molecule has 0 fully saturated rings. The molecule has 0 spiro atoms. The molecule has 0 aliphatic heterocycles. The van der Waals surface area contributed by atoms with Crippen molar-refractivity contribution in [3.63, 3.8) is 0 Å². The van der Waals surface area contributed by atoms with Crippen LogP contribution in [0.4, 0.5) is 13.2 Å². The molecule has 0 saturated carbocycles. The number of nitrogens with zero attached hydrogens (tertiary/aromatic N) is 3. The summed E-state index contributed by atoms with van der Waals surface area (Å²) < 4.78 is 40.4. The number of aromatic nitrogens is 3. The largest absolute Gasteiger partial charge is 0.477 e. The van der Waals surface area contributed by atoms with Gasteiger partial charge in [-0.15, -0.1) is 0 Å². The van der Waals surface area contributed by atoms with Gasteiger partial charge in [-0.1, -0.05) is 29.8 Å². The zero-order valence-corrected chi connectivity index (χ0v) is 16.9. The van der Waals surface area contributed by atoms with Crippen molar-refractivity contribution in [1.29, 1.82) is 0 Å². The SMILES string of the molecule is CC(C)(c1cccc(C(=O)O)n1)c1cccc(-c2[c-]c(F)c(F)nc2F)n1.[Pt]. The number of hydrogen-bond donors (Lipinski definition) is 1. The van der Waals surface area contributed by atoms with E-state index in [-0.39, 0.29) is 32.5 Å². The minimum Gasteiger partial charge on any atom is -0.477 e. The van der Waals surface area contributed by atoms with Gasteiger partial charge in [0.15, 0.2) is 5.95 Å². The van der Waals surface area contributed by atoms with Crippen LogP contribution in [0, 0.1) is 23.8 Å². The van der Waals surface area contributed by atoms with Gasteiger partial charge in [0, 0.05) is 32.2 Å². The minimum atomic E-state index is -1.58. The third-order valence-corrected chi connectivity index (χ3v) is 4.07. The Hall–Kier alpha value is -2.60. The second-order valence-corrected chi connectivity index (χ2v) is 6.25. The van der Waals surface area contributed by atoms with Gasteiger partial charge in [-0.3, -0.25) is 4.98 Å². The van der Waals surface area contributed by atoms with Crippen LogP contribution in [-0.2, 0) is 26.5 Å². The fourth-order valence-electron chi connectivity index (χ4n) is 2.53. The molecule has 0 amide bonds. The molecule has 3 aromatic heterocycles. The summed E-state index contributed by atoms with van der Waals surface area (Å²) in [5, 5.41) is 9.12. The first kappa shape index (κ1) is 21.7. The first-order valence-corrected chi connectivity index (χ1v) is 7.82. The second kappa shape index (κ2) is 8.18. The van der Waals surface area contributed by atoms with Crippen molar-refractivity contribution in [2.75, 3.05) is 0 Å². The Morgan fingerprint density at radius 2 is 1.57 bits per heavy atom. The average molecular weight is 567 g/mol. The molecule has 9 heteroatoms. The quantitative estimate of drug-likeness (QED) is 0.384. The fourth-order valence-corrected chi connectivity index (χ4v) is 2.53. The summed E-state index contributed by atoms with van der Waals surface area (Å²) in [6, 6.07) is 11.2. The Morgan fingerprint density at radius 3 is 2.21 bits per heavy atom. The molecule has 0 aromatic carbocycles. The Morgan fingerprint density at radius 1 is 0.964 bits per heavy atom. The van der Waals surface area contributed by atoms with Gasteiger partial charge in [-0.25, -0.2) is 22.9 Å². The Kier molecular flexibility index (Phi) is 6.34. The van der Waals surface area contributed by atoms with Crippen molar-refractivity contribution < 1.29 is 44.1 Å². The van der Waals surface area contributed by atoms with Crippen molar-refractivity contribution in [2.45, 2.75) is 19.3 Å². The van der Waals surface area contributed by atoms with Crippen LogP contribution >= 0.6 is 0 Å². The zero-order chi connectivity index (χ0) is 19.8. The molecule has 1 N–H and O–H groups in total. The summed E-state index contributed by atoms with van der Waals surface area (Å²) in [6.07, 6.45) is 0. The minimum absolute atomic E-state index is 0. The maximum absolute atomic E-state index is 13.9. The number of halogens is 3. The van der Waals surface area contributed by atoms with E-state index < -0.39 is 34.7 Å². The molecule has 3 rings (SSSR count). The van der Waals surface area contributed by atoms with Gasteiger partial charge in [0.1, 0.15) is 11.6 Å². The maximum Gasteiger partial charge on any atom is 0.354 e. The number of carboxylic acids is 1. The van der Waals surface area contributed by atoms with Gasteiger partial charge in [-0.05, 0) is 37.7 Å². The summed E-state index contributed by atoms with van der Waals surface area (Å²) in [7, 11) is 0. The van der Waals surface area contributed by atoms with Gasteiger partial charge in [0.2, 0.25) is 0 Å². The molecule has 0 aliphatic carbocycles. The van der Waals surface area contributed by atoms with E-state index in [1.165, 1.54) is 12.1 Å². The van der Waals surface area contributed by atoms with E-state index >= 15 is 0 Å². The number of hydrogen-bond acceptors (Lipinski definition) is 4. The molecular formula is C19H13F3N3O2Pt-. The fraction of sp³-hybridized carbons (Fsp3) is 0.158. The van der Waals surface area contributed by atoms with E-state index in [9.17, 15) is 18.0 Å². The van der Waals surface area contributed by atoms with E-state index in [1.807, 2.05) is 6.07 Å². The van der Waals surface area contributed by atoms with Crippen molar-refractivity contribution in [2.24, 2.45) is 0 Å². The van der Waals surface area contributed by atoms with Gasteiger partial charge in [0.25, 0.3) is 0 Å². The molecule has 0 radical (unpaired) electrons. The molecule has 0 atom stereocenters.